The first-order chi connectivity index (χ1) is 13.1. The Kier molecular flexibility index (Phi) is 4.75. The fourth-order valence-corrected chi connectivity index (χ4v) is 3.72. The maximum Gasteiger partial charge on any atom is 0.254 e. The summed E-state index contributed by atoms with van der Waals surface area (Å²) < 4.78 is 1.72. The van der Waals surface area contributed by atoms with Gasteiger partial charge in [-0.1, -0.05) is 18.2 Å². The topological polar surface area (TPSA) is 51.0 Å². The molecular weight excluding hydrogens is 336 g/mol. The highest BCUT2D eigenvalue weighted by atomic mass is 16.2. The number of fused-ring (bicyclic) bond motifs is 1. The summed E-state index contributed by atoms with van der Waals surface area (Å²) in [4.78, 5) is 18.8. The summed E-state index contributed by atoms with van der Waals surface area (Å²) in [5.41, 5.74) is 5.56. The van der Waals surface area contributed by atoms with Crippen LogP contribution in [0.15, 0.2) is 55.1 Å². The van der Waals surface area contributed by atoms with Crippen molar-refractivity contribution in [3.05, 3.63) is 77.4 Å². The lowest BCUT2D eigenvalue weighted by Gasteiger charge is -2.26. The highest BCUT2D eigenvalue weighted by molar-refractivity contribution is 5.94. The van der Waals surface area contributed by atoms with E-state index in [1.807, 2.05) is 42.3 Å². The Bertz CT molecular complexity index is 931. The number of benzene rings is 2. The molecule has 0 spiro atoms. The molecule has 3 aromatic rings. The van der Waals surface area contributed by atoms with Crippen LogP contribution in [0, 0.1) is 0 Å². The lowest BCUT2D eigenvalue weighted by Crippen LogP contribution is -2.29. The largest absolute Gasteiger partial charge is 0.335 e. The van der Waals surface area contributed by atoms with E-state index in [0.717, 1.165) is 29.7 Å². The second-order valence-corrected chi connectivity index (χ2v) is 7.21. The molecule has 138 valence electrons. The monoisotopic (exact) mass is 360 g/mol. The smallest absolute Gasteiger partial charge is 0.254 e. The zero-order valence-corrected chi connectivity index (χ0v) is 15.8. The molecule has 1 aromatic heterocycles. The average molecular weight is 360 g/mol. The van der Waals surface area contributed by atoms with Crippen molar-refractivity contribution < 1.29 is 4.79 Å². The van der Waals surface area contributed by atoms with Gasteiger partial charge < -0.3 is 4.90 Å². The predicted octanol–water partition coefficient (Wildman–Crippen LogP) is 3.98. The summed E-state index contributed by atoms with van der Waals surface area (Å²) in [5.74, 6) is 0.0660. The molecule has 1 amide bonds. The third-order valence-electron chi connectivity index (χ3n) is 5.56. The van der Waals surface area contributed by atoms with E-state index in [-0.39, 0.29) is 11.9 Å². The summed E-state index contributed by atoms with van der Waals surface area (Å²) in [5, 5.41) is 4.14. The zero-order valence-electron chi connectivity index (χ0n) is 15.8. The molecule has 1 aliphatic rings. The number of aromatic nitrogens is 3. The molecule has 1 atom stereocenters. The Morgan fingerprint density at radius 3 is 2.52 bits per heavy atom. The van der Waals surface area contributed by atoms with E-state index >= 15 is 0 Å². The van der Waals surface area contributed by atoms with Crippen molar-refractivity contribution in [3.63, 3.8) is 0 Å². The molecule has 0 N–H and O–H groups in total. The summed E-state index contributed by atoms with van der Waals surface area (Å²) in [7, 11) is 1.87. The Hall–Kier alpha value is -2.95. The van der Waals surface area contributed by atoms with Gasteiger partial charge in [-0.15, -0.1) is 0 Å². The Balaban J connectivity index is 1.51. The first kappa shape index (κ1) is 17.5. The predicted molar refractivity (Wildman–Crippen MR) is 105 cm³/mol. The lowest BCUT2D eigenvalue weighted by molar-refractivity contribution is 0.0742. The minimum absolute atomic E-state index is 0.0154. The van der Waals surface area contributed by atoms with Gasteiger partial charge in [0.05, 0.1) is 11.7 Å². The number of hydrogen-bond acceptors (Lipinski definition) is 3. The van der Waals surface area contributed by atoms with E-state index in [1.54, 1.807) is 11.0 Å². The van der Waals surface area contributed by atoms with Gasteiger partial charge in [0, 0.05) is 12.6 Å². The van der Waals surface area contributed by atoms with Crippen LogP contribution in [0.1, 0.15) is 52.9 Å². The molecule has 0 bridgehead atoms. The second-order valence-electron chi connectivity index (χ2n) is 7.21. The summed E-state index contributed by atoms with van der Waals surface area (Å²) in [6, 6.07) is 14.3. The van der Waals surface area contributed by atoms with E-state index < -0.39 is 0 Å². The number of rotatable bonds is 4. The average Bonchev–Trinajstić information content (AvgIpc) is 3.27. The van der Waals surface area contributed by atoms with Crippen molar-refractivity contribution in [1.29, 1.82) is 0 Å². The molecule has 5 nitrogen and oxygen atoms in total. The number of nitrogens with zero attached hydrogens (tertiary/aromatic N) is 4. The van der Waals surface area contributed by atoms with Crippen LogP contribution in [0.25, 0.3) is 5.69 Å². The van der Waals surface area contributed by atoms with E-state index in [4.69, 9.17) is 0 Å². The van der Waals surface area contributed by atoms with Gasteiger partial charge in [-0.3, -0.25) is 4.79 Å². The van der Waals surface area contributed by atoms with Crippen LogP contribution in [0.3, 0.4) is 0 Å². The van der Waals surface area contributed by atoms with E-state index in [0.29, 0.717) is 0 Å². The van der Waals surface area contributed by atoms with Crippen LogP contribution in [0.5, 0.6) is 0 Å². The summed E-state index contributed by atoms with van der Waals surface area (Å²) >= 11 is 0. The van der Waals surface area contributed by atoms with Crippen LogP contribution in [0.4, 0.5) is 0 Å². The van der Waals surface area contributed by atoms with Crippen LogP contribution in [-0.4, -0.2) is 32.6 Å². The second kappa shape index (κ2) is 7.35. The molecular formula is C22H24N4O. The molecule has 0 unspecified atom stereocenters. The molecule has 0 fully saturated rings. The number of carbonyl (C=O) groups is 1. The zero-order chi connectivity index (χ0) is 18.8. The fourth-order valence-electron chi connectivity index (χ4n) is 3.72. The van der Waals surface area contributed by atoms with Crippen molar-refractivity contribution in [1.82, 2.24) is 19.7 Å². The van der Waals surface area contributed by atoms with Crippen LogP contribution >= 0.6 is 0 Å². The first-order valence-electron chi connectivity index (χ1n) is 9.47. The van der Waals surface area contributed by atoms with Crippen LogP contribution < -0.4 is 0 Å². The number of aryl methyl sites for hydroxylation is 2. The maximum atomic E-state index is 13.0. The number of hydrogen-bond donors (Lipinski definition) is 0. The van der Waals surface area contributed by atoms with Crippen LogP contribution in [0.2, 0.25) is 0 Å². The SMILES string of the molecule is C[C@@H](c1ccc(-n2cncn2)cc1)N(C)C(=O)c1ccc2c(c1)CCCC2. The molecule has 2 aromatic carbocycles. The normalized spacial score (nSPS) is 14.4. The Morgan fingerprint density at radius 2 is 1.81 bits per heavy atom. The Labute approximate surface area is 159 Å². The quantitative estimate of drug-likeness (QED) is 0.707. The standard InChI is InChI=1S/C22H24N4O/c1-16(17-9-11-21(12-10-17)26-15-23-14-24-26)25(2)22(27)20-8-7-18-5-3-4-6-19(18)13-20/h7-16H,3-6H2,1-2H3/t16-/m0/s1. The van der Waals surface area contributed by atoms with Crippen LogP contribution in [-0.2, 0) is 12.8 Å². The minimum Gasteiger partial charge on any atom is -0.335 e. The Morgan fingerprint density at radius 1 is 1.07 bits per heavy atom. The van der Waals surface area contributed by atoms with Crippen molar-refractivity contribution in [2.24, 2.45) is 0 Å². The van der Waals surface area contributed by atoms with Crippen molar-refractivity contribution >= 4 is 5.91 Å². The molecule has 1 aliphatic carbocycles. The van der Waals surface area contributed by atoms with E-state index in [2.05, 4.69) is 29.1 Å². The maximum absolute atomic E-state index is 13.0. The summed E-state index contributed by atoms with van der Waals surface area (Å²) in [6.45, 7) is 2.06. The van der Waals surface area contributed by atoms with Gasteiger partial charge in [0.15, 0.2) is 0 Å². The van der Waals surface area contributed by atoms with Gasteiger partial charge in [0.25, 0.3) is 5.91 Å². The fraction of sp³-hybridized carbons (Fsp3) is 0.318. The highest BCUT2D eigenvalue weighted by Crippen LogP contribution is 2.25. The van der Waals surface area contributed by atoms with E-state index in [9.17, 15) is 4.79 Å². The lowest BCUT2D eigenvalue weighted by atomic mass is 9.90. The van der Waals surface area contributed by atoms with Gasteiger partial charge in [-0.05, 0) is 73.6 Å². The third-order valence-corrected chi connectivity index (χ3v) is 5.56. The van der Waals surface area contributed by atoms with Gasteiger partial charge >= 0.3 is 0 Å². The first-order valence-corrected chi connectivity index (χ1v) is 9.47. The van der Waals surface area contributed by atoms with Crippen molar-refractivity contribution in [3.8, 4) is 5.69 Å². The highest BCUT2D eigenvalue weighted by Gasteiger charge is 2.20. The van der Waals surface area contributed by atoms with Crippen molar-refractivity contribution in [2.75, 3.05) is 7.05 Å². The summed E-state index contributed by atoms with van der Waals surface area (Å²) in [6.07, 6.45) is 7.87. The van der Waals surface area contributed by atoms with Gasteiger partial charge in [-0.2, -0.15) is 5.10 Å². The molecule has 0 aliphatic heterocycles. The molecule has 1 heterocycles. The van der Waals surface area contributed by atoms with Crippen molar-refractivity contribution in [2.45, 2.75) is 38.6 Å². The third kappa shape index (κ3) is 3.50. The molecule has 0 radical (unpaired) electrons. The molecule has 27 heavy (non-hydrogen) atoms. The number of carbonyl (C=O) groups excluding carboxylic acids is 1. The number of amides is 1. The van der Waals surface area contributed by atoms with Gasteiger partial charge in [0.2, 0.25) is 0 Å². The molecule has 5 heteroatoms. The van der Waals surface area contributed by atoms with Gasteiger partial charge in [0.1, 0.15) is 12.7 Å². The minimum atomic E-state index is -0.0154. The molecule has 0 saturated carbocycles. The van der Waals surface area contributed by atoms with Gasteiger partial charge in [-0.25, -0.2) is 9.67 Å². The molecule has 0 saturated heterocycles. The molecule has 4 rings (SSSR count). The van der Waals surface area contributed by atoms with E-state index in [1.165, 1.54) is 30.3 Å².